The molecule has 0 bridgehead atoms. The molecule has 1 aromatic heterocycles. The molecule has 2 aromatic rings. The summed E-state index contributed by atoms with van der Waals surface area (Å²) in [4.78, 5) is 27.7. The molecule has 106 valence electrons. The van der Waals surface area contributed by atoms with E-state index in [1.807, 2.05) is 25.1 Å². The maximum Gasteiger partial charge on any atom is 0.325 e. The van der Waals surface area contributed by atoms with E-state index >= 15 is 0 Å². The Kier molecular flexibility index (Phi) is 4.34. The van der Waals surface area contributed by atoms with Crippen molar-refractivity contribution in [2.24, 2.45) is 4.99 Å². The molecule has 2 rings (SSSR count). The van der Waals surface area contributed by atoms with Crippen LogP contribution in [0.2, 0.25) is 0 Å². The Hall–Kier alpha value is -1.95. The molecule has 5 nitrogen and oxygen atoms in total. The van der Waals surface area contributed by atoms with E-state index in [1.165, 1.54) is 18.4 Å². The zero-order valence-corrected chi connectivity index (χ0v) is 12.5. The molecule has 20 heavy (non-hydrogen) atoms. The molecule has 0 spiro atoms. The van der Waals surface area contributed by atoms with Gasteiger partial charge in [-0.05, 0) is 24.6 Å². The van der Waals surface area contributed by atoms with Gasteiger partial charge in [0, 0.05) is 6.42 Å². The Labute approximate surface area is 120 Å². The molecule has 0 N–H and O–H groups in total. The SMILES string of the molecule is CCC(=O)N=c1sc2cc(C)ccc2n1CC(=O)OC. The van der Waals surface area contributed by atoms with Gasteiger partial charge in [0.25, 0.3) is 0 Å². The highest BCUT2D eigenvalue weighted by atomic mass is 32.1. The third-order valence-electron chi connectivity index (χ3n) is 2.88. The number of carbonyl (C=O) groups excluding carboxylic acids is 2. The third-order valence-corrected chi connectivity index (χ3v) is 3.92. The van der Waals surface area contributed by atoms with Crippen LogP contribution in [-0.2, 0) is 20.9 Å². The number of fused-ring (bicyclic) bond motifs is 1. The van der Waals surface area contributed by atoms with Crippen LogP contribution in [0.4, 0.5) is 0 Å². The monoisotopic (exact) mass is 292 g/mol. The zero-order valence-electron chi connectivity index (χ0n) is 11.7. The molecule has 1 aromatic carbocycles. The molecule has 0 atom stereocenters. The van der Waals surface area contributed by atoms with Gasteiger partial charge in [-0.1, -0.05) is 24.3 Å². The first kappa shape index (κ1) is 14.5. The zero-order chi connectivity index (χ0) is 14.7. The minimum Gasteiger partial charge on any atom is -0.468 e. The summed E-state index contributed by atoms with van der Waals surface area (Å²) in [5.74, 6) is -0.567. The van der Waals surface area contributed by atoms with Gasteiger partial charge in [-0.25, -0.2) is 0 Å². The van der Waals surface area contributed by atoms with Crippen molar-refractivity contribution in [1.29, 1.82) is 0 Å². The molecule has 1 heterocycles. The first-order valence-electron chi connectivity index (χ1n) is 6.29. The minimum atomic E-state index is -0.365. The number of aryl methyl sites for hydroxylation is 1. The van der Waals surface area contributed by atoms with Crippen molar-refractivity contribution in [3.63, 3.8) is 0 Å². The number of thiazole rings is 1. The molecule has 0 unspecified atom stereocenters. The van der Waals surface area contributed by atoms with E-state index in [0.717, 1.165) is 15.8 Å². The average Bonchev–Trinajstić information content (AvgIpc) is 2.75. The smallest absolute Gasteiger partial charge is 0.325 e. The van der Waals surface area contributed by atoms with Crippen molar-refractivity contribution in [1.82, 2.24) is 4.57 Å². The van der Waals surface area contributed by atoms with Gasteiger partial charge in [0.05, 0.1) is 17.3 Å². The number of aromatic nitrogens is 1. The van der Waals surface area contributed by atoms with Crippen molar-refractivity contribution >= 4 is 33.4 Å². The van der Waals surface area contributed by atoms with Gasteiger partial charge in [0.1, 0.15) is 6.54 Å². The van der Waals surface area contributed by atoms with Crippen LogP contribution in [0.5, 0.6) is 0 Å². The van der Waals surface area contributed by atoms with E-state index in [9.17, 15) is 9.59 Å². The maximum absolute atomic E-state index is 11.5. The Bertz CT molecular complexity index is 728. The number of nitrogens with zero attached hydrogens (tertiary/aromatic N) is 2. The van der Waals surface area contributed by atoms with Crippen molar-refractivity contribution in [2.75, 3.05) is 7.11 Å². The number of esters is 1. The fraction of sp³-hybridized carbons (Fsp3) is 0.357. The van der Waals surface area contributed by atoms with Gasteiger partial charge >= 0.3 is 5.97 Å². The molecule has 0 saturated heterocycles. The lowest BCUT2D eigenvalue weighted by atomic mass is 10.2. The van der Waals surface area contributed by atoms with Gasteiger partial charge in [0.2, 0.25) is 5.91 Å². The van der Waals surface area contributed by atoms with Crippen LogP contribution in [0.1, 0.15) is 18.9 Å². The first-order valence-corrected chi connectivity index (χ1v) is 7.11. The number of ether oxygens (including phenoxy) is 1. The molecule has 0 aliphatic heterocycles. The number of hydrogen-bond donors (Lipinski definition) is 0. The summed E-state index contributed by atoms with van der Waals surface area (Å²) in [5, 5.41) is 0. The number of hydrogen-bond acceptors (Lipinski definition) is 4. The van der Waals surface area contributed by atoms with E-state index in [1.54, 1.807) is 11.5 Å². The predicted molar refractivity (Wildman–Crippen MR) is 77.4 cm³/mol. The summed E-state index contributed by atoms with van der Waals surface area (Å²) >= 11 is 1.40. The van der Waals surface area contributed by atoms with Gasteiger partial charge in [-0.3, -0.25) is 9.59 Å². The van der Waals surface area contributed by atoms with Crippen LogP contribution in [-0.4, -0.2) is 23.6 Å². The van der Waals surface area contributed by atoms with Crippen molar-refractivity contribution in [3.8, 4) is 0 Å². The Balaban J connectivity index is 2.65. The van der Waals surface area contributed by atoms with Gasteiger partial charge < -0.3 is 9.30 Å². The number of methoxy groups -OCH3 is 1. The Morgan fingerprint density at radius 3 is 2.80 bits per heavy atom. The lowest BCUT2D eigenvalue weighted by molar-refractivity contribution is -0.141. The molecular weight excluding hydrogens is 276 g/mol. The molecule has 0 saturated carbocycles. The van der Waals surface area contributed by atoms with Gasteiger partial charge in [-0.15, -0.1) is 0 Å². The van der Waals surface area contributed by atoms with Crippen molar-refractivity contribution < 1.29 is 14.3 Å². The summed E-state index contributed by atoms with van der Waals surface area (Å²) in [6.45, 7) is 3.81. The second-order valence-corrected chi connectivity index (χ2v) is 5.39. The number of amides is 1. The van der Waals surface area contributed by atoms with E-state index in [-0.39, 0.29) is 18.4 Å². The average molecular weight is 292 g/mol. The molecule has 0 radical (unpaired) electrons. The number of rotatable bonds is 3. The quantitative estimate of drug-likeness (QED) is 0.813. The fourth-order valence-corrected chi connectivity index (χ4v) is 2.94. The summed E-state index contributed by atoms with van der Waals surface area (Å²) in [6, 6.07) is 5.91. The minimum absolute atomic E-state index is 0.0510. The second kappa shape index (κ2) is 6.00. The summed E-state index contributed by atoms with van der Waals surface area (Å²) in [7, 11) is 1.34. The molecular formula is C14H16N2O3S. The van der Waals surface area contributed by atoms with Crippen molar-refractivity contribution in [3.05, 3.63) is 28.6 Å². The van der Waals surface area contributed by atoms with Gasteiger partial charge in [-0.2, -0.15) is 4.99 Å². The van der Waals surface area contributed by atoms with E-state index in [2.05, 4.69) is 4.99 Å². The largest absolute Gasteiger partial charge is 0.468 e. The standard InChI is InChI=1S/C14H16N2O3S/c1-4-12(17)15-14-16(8-13(18)19-3)10-6-5-9(2)7-11(10)20-14/h5-7H,4,8H2,1-3H3. The molecule has 0 fully saturated rings. The van der Waals surface area contributed by atoms with E-state index in [4.69, 9.17) is 4.74 Å². The van der Waals surface area contributed by atoms with Crippen LogP contribution < -0.4 is 4.80 Å². The third kappa shape index (κ3) is 2.96. The normalized spacial score (nSPS) is 11.8. The predicted octanol–water partition coefficient (Wildman–Crippen LogP) is 2.02. The highest BCUT2D eigenvalue weighted by molar-refractivity contribution is 7.16. The van der Waals surface area contributed by atoms with E-state index < -0.39 is 0 Å². The first-order chi connectivity index (χ1) is 9.55. The van der Waals surface area contributed by atoms with Crippen LogP contribution >= 0.6 is 11.3 Å². The summed E-state index contributed by atoms with van der Waals surface area (Å²) < 4.78 is 7.42. The summed E-state index contributed by atoms with van der Waals surface area (Å²) in [6.07, 6.45) is 0.339. The van der Waals surface area contributed by atoms with Crippen LogP contribution in [0.3, 0.4) is 0 Å². The van der Waals surface area contributed by atoms with E-state index in [0.29, 0.717) is 11.2 Å². The molecule has 6 heteroatoms. The second-order valence-electron chi connectivity index (χ2n) is 4.38. The van der Waals surface area contributed by atoms with Gasteiger partial charge in [0.15, 0.2) is 4.80 Å². The molecule has 0 aliphatic carbocycles. The number of benzene rings is 1. The van der Waals surface area contributed by atoms with Crippen LogP contribution in [0, 0.1) is 6.92 Å². The summed E-state index contributed by atoms with van der Waals surface area (Å²) in [5.41, 5.74) is 2.01. The molecule has 0 aliphatic rings. The highest BCUT2D eigenvalue weighted by Crippen LogP contribution is 2.19. The Morgan fingerprint density at radius 2 is 2.15 bits per heavy atom. The molecule has 1 amide bonds. The highest BCUT2D eigenvalue weighted by Gasteiger charge is 2.11. The lowest BCUT2D eigenvalue weighted by Crippen LogP contribution is -2.22. The van der Waals surface area contributed by atoms with Crippen molar-refractivity contribution in [2.45, 2.75) is 26.8 Å². The lowest BCUT2D eigenvalue weighted by Gasteiger charge is -2.03. The van der Waals surface area contributed by atoms with Crippen LogP contribution in [0.25, 0.3) is 10.2 Å². The number of carbonyl (C=O) groups is 2. The topological polar surface area (TPSA) is 60.7 Å². The fourth-order valence-electron chi connectivity index (χ4n) is 1.80. The Morgan fingerprint density at radius 1 is 1.40 bits per heavy atom. The van der Waals surface area contributed by atoms with Crippen LogP contribution in [0.15, 0.2) is 23.2 Å². The maximum atomic E-state index is 11.5.